The van der Waals surface area contributed by atoms with Crippen molar-refractivity contribution in [2.24, 2.45) is 0 Å². The van der Waals surface area contributed by atoms with Crippen molar-refractivity contribution in [2.45, 2.75) is 39.2 Å². The number of unbranched alkanes of at least 4 members (excludes halogenated alkanes) is 2. The van der Waals surface area contributed by atoms with Crippen LogP contribution in [0.3, 0.4) is 0 Å². The normalized spacial score (nSPS) is 11.8. The molecule has 0 aliphatic carbocycles. The molecule has 0 aliphatic heterocycles. The van der Waals surface area contributed by atoms with Crippen molar-refractivity contribution >= 4 is 16.7 Å². The first-order chi connectivity index (χ1) is 12.2. The fraction of sp³-hybridized carbons (Fsp3) is 0.318. The summed E-state index contributed by atoms with van der Waals surface area (Å²) in [5, 5.41) is 9.72. The van der Waals surface area contributed by atoms with Crippen LogP contribution < -0.4 is 0 Å². The van der Waals surface area contributed by atoms with Crippen molar-refractivity contribution in [3.05, 3.63) is 72.5 Å². The van der Waals surface area contributed by atoms with Crippen LogP contribution in [0, 0.1) is 0 Å². The highest BCUT2D eigenvalue weighted by molar-refractivity contribution is 6.09. The maximum absolute atomic E-state index is 12.7. The molecule has 0 spiro atoms. The van der Waals surface area contributed by atoms with Gasteiger partial charge >= 0.3 is 0 Å². The molecule has 1 aromatic carbocycles. The molecule has 0 aliphatic rings. The Morgan fingerprint density at radius 1 is 1.24 bits per heavy atom. The second kappa shape index (κ2) is 9.80. The minimum atomic E-state index is 0.00722. The van der Waals surface area contributed by atoms with Crippen LogP contribution in [-0.2, 0) is 6.54 Å². The standard InChI is InChI=1S/C22H27NO2/c1-3-4-9-14-23-17-20(19-12-7-8-13-21(19)23)22(25)16-18(2)11-6-5-10-15-24/h5-8,10-13,17,24H,2-4,9,14-16H2,1H3/b10-5-,11-6-. The number of aromatic nitrogens is 1. The number of fused-ring (bicyclic) bond motifs is 1. The van der Waals surface area contributed by atoms with Crippen LogP contribution in [0.25, 0.3) is 10.9 Å². The summed E-state index contributed by atoms with van der Waals surface area (Å²) < 4.78 is 2.20. The fourth-order valence-electron chi connectivity index (χ4n) is 2.88. The van der Waals surface area contributed by atoms with E-state index in [1.54, 1.807) is 18.2 Å². The van der Waals surface area contributed by atoms with E-state index in [-0.39, 0.29) is 12.4 Å². The first kappa shape index (κ1) is 18.9. The molecular formula is C22H27NO2. The Balaban J connectivity index is 2.16. The number of hydrogen-bond acceptors (Lipinski definition) is 2. The van der Waals surface area contributed by atoms with E-state index >= 15 is 0 Å². The number of aliphatic hydroxyl groups excluding tert-OH is 1. The maximum Gasteiger partial charge on any atom is 0.169 e. The highest BCUT2D eigenvalue weighted by atomic mass is 16.2. The van der Waals surface area contributed by atoms with Gasteiger partial charge in [-0.2, -0.15) is 0 Å². The van der Waals surface area contributed by atoms with Crippen molar-refractivity contribution in [2.75, 3.05) is 6.61 Å². The van der Waals surface area contributed by atoms with Gasteiger partial charge in [-0.15, -0.1) is 0 Å². The molecule has 132 valence electrons. The van der Waals surface area contributed by atoms with E-state index in [0.29, 0.717) is 6.42 Å². The number of para-hydroxylation sites is 1. The molecule has 1 heterocycles. The number of allylic oxidation sites excluding steroid dienone is 4. The molecule has 0 saturated carbocycles. The SMILES string of the molecule is C=C(/C=C\C=C/CO)CC(=O)c1cn(CCCCC)c2ccccc12. The molecule has 3 nitrogen and oxygen atoms in total. The molecule has 1 aromatic heterocycles. The van der Waals surface area contributed by atoms with Crippen LogP contribution in [0.15, 0.2) is 66.9 Å². The van der Waals surface area contributed by atoms with Crippen LogP contribution in [0.1, 0.15) is 43.0 Å². The smallest absolute Gasteiger partial charge is 0.169 e. The Bertz CT molecular complexity index is 780. The third-order valence-corrected chi connectivity index (χ3v) is 4.16. The number of ketones is 1. The van der Waals surface area contributed by atoms with Crippen molar-refractivity contribution in [1.82, 2.24) is 4.57 Å². The minimum absolute atomic E-state index is 0.00722. The lowest BCUT2D eigenvalue weighted by Gasteiger charge is -2.03. The summed E-state index contributed by atoms with van der Waals surface area (Å²) in [6.45, 7) is 7.09. The van der Waals surface area contributed by atoms with Crippen LogP contribution >= 0.6 is 0 Å². The average molecular weight is 337 g/mol. The van der Waals surface area contributed by atoms with Gasteiger partial charge in [-0.1, -0.05) is 68.8 Å². The summed E-state index contributed by atoms with van der Waals surface area (Å²) in [5.41, 5.74) is 2.65. The summed E-state index contributed by atoms with van der Waals surface area (Å²) in [4.78, 5) is 12.7. The van der Waals surface area contributed by atoms with Gasteiger partial charge in [0.2, 0.25) is 0 Å². The Morgan fingerprint density at radius 3 is 2.80 bits per heavy atom. The van der Waals surface area contributed by atoms with Crippen LogP contribution in [0.5, 0.6) is 0 Å². The Kier molecular flexibility index (Phi) is 7.42. The quantitative estimate of drug-likeness (QED) is 0.374. The number of aliphatic hydroxyl groups is 1. The first-order valence-electron chi connectivity index (χ1n) is 8.90. The largest absolute Gasteiger partial charge is 0.392 e. The molecule has 0 bridgehead atoms. The zero-order chi connectivity index (χ0) is 18.1. The van der Waals surface area contributed by atoms with E-state index in [4.69, 9.17) is 5.11 Å². The Hall–Kier alpha value is -2.39. The van der Waals surface area contributed by atoms with Gasteiger partial charge in [0.25, 0.3) is 0 Å². The number of benzene rings is 1. The summed E-state index contributed by atoms with van der Waals surface area (Å²) >= 11 is 0. The van der Waals surface area contributed by atoms with Crippen LogP contribution in [0.4, 0.5) is 0 Å². The number of carbonyl (C=O) groups excluding carboxylic acids is 1. The average Bonchev–Trinajstić information content (AvgIpc) is 2.98. The van der Waals surface area contributed by atoms with Gasteiger partial charge in [0, 0.05) is 35.6 Å². The number of carbonyl (C=O) groups is 1. The lowest BCUT2D eigenvalue weighted by Crippen LogP contribution is -1.99. The Labute approximate surface area is 150 Å². The second-order valence-electron chi connectivity index (χ2n) is 6.19. The summed E-state index contributed by atoms with van der Waals surface area (Å²) in [5.74, 6) is 0.0891. The number of nitrogens with zero attached hydrogens (tertiary/aromatic N) is 1. The maximum atomic E-state index is 12.7. The van der Waals surface area contributed by atoms with E-state index in [9.17, 15) is 4.79 Å². The molecule has 0 amide bonds. The monoisotopic (exact) mass is 337 g/mol. The summed E-state index contributed by atoms with van der Waals surface area (Å²) in [7, 11) is 0. The van der Waals surface area contributed by atoms with Crippen molar-refractivity contribution in [3.63, 3.8) is 0 Å². The van der Waals surface area contributed by atoms with Crippen molar-refractivity contribution in [3.8, 4) is 0 Å². The molecule has 0 radical (unpaired) electrons. The predicted molar refractivity (Wildman–Crippen MR) is 105 cm³/mol. The molecule has 0 fully saturated rings. The van der Waals surface area contributed by atoms with Gasteiger partial charge < -0.3 is 9.67 Å². The third kappa shape index (κ3) is 5.30. The molecule has 0 atom stereocenters. The molecule has 25 heavy (non-hydrogen) atoms. The van der Waals surface area contributed by atoms with Gasteiger partial charge in [0.15, 0.2) is 5.78 Å². The van der Waals surface area contributed by atoms with Gasteiger partial charge in [-0.05, 0) is 18.1 Å². The summed E-state index contributed by atoms with van der Waals surface area (Å²) in [6.07, 6.45) is 12.8. The van der Waals surface area contributed by atoms with Crippen molar-refractivity contribution in [1.29, 1.82) is 0 Å². The number of Topliss-reactive ketones (excluding diaryl/α,β-unsaturated/α-hetero) is 1. The molecule has 2 aromatic rings. The van der Waals surface area contributed by atoms with E-state index in [1.165, 1.54) is 12.8 Å². The molecule has 2 rings (SSSR count). The molecule has 0 saturated heterocycles. The number of rotatable bonds is 10. The fourth-order valence-corrected chi connectivity index (χ4v) is 2.88. The zero-order valence-electron chi connectivity index (χ0n) is 14.9. The van der Waals surface area contributed by atoms with Gasteiger partial charge in [-0.25, -0.2) is 0 Å². The number of hydrogen-bond donors (Lipinski definition) is 1. The second-order valence-corrected chi connectivity index (χ2v) is 6.19. The van der Waals surface area contributed by atoms with E-state index in [2.05, 4.69) is 24.1 Å². The minimum Gasteiger partial charge on any atom is -0.392 e. The Morgan fingerprint density at radius 2 is 2.04 bits per heavy atom. The number of aryl methyl sites for hydroxylation is 1. The highest BCUT2D eigenvalue weighted by Gasteiger charge is 2.14. The predicted octanol–water partition coefficient (Wildman–Crippen LogP) is 5.07. The van der Waals surface area contributed by atoms with Crippen LogP contribution in [-0.4, -0.2) is 22.1 Å². The molecule has 0 unspecified atom stereocenters. The van der Waals surface area contributed by atoms with Gasteiger partial charge in [-0.3, -0.25) is 4.79 Å². The highest BCUT2D eigenvalue weighted by Crippen LogP contribution is 2.24. The lowest BCUT2D eigenvalue weighted by atomic mass is 10.0. The van der Waals surface area contributed by atoms with E-state index in [0.717, 1.165) is 35.0 Å². The van der Waals surface area contributed by atoms with Crippen molar-refractivity contribution < 1.29 is 9.90 Å². The van der Waals surface area contributed by atoms with Crippen LogP contribution in [0.2, 0.25) is 0 Å². The van der Waals surface area contributed by atoms with Gasteiger partial charge in [0.05, 0.1) is 6.61 Å². The van der Waals surface area contributed by atoms with E-state index < -0.39 is 0 Å². The topological polar surface area (TPSA) is 42.2 Å². The summed E-state index contributed by atoms with van der Waals surface area (Å²) in [6, 6.07) is 8.08. The third-order valence-electron chi connectivity index (χ3n) is 4.16. The zero-order valence-corrected chi connectivity index (χ0v) is 14.9. The lowest BCUT2D eigenvalue weighted by molar-refractivity contribution is 0.0995. The van der Waals surface area contributed by atoms with Gasteiger partial charge in [0.1, 0.15) is 0 Å². The molecule has 1 N–H and O–H groups in total. The molecule has 3 heteroatoms. The molecular weight excluding hydrogens is 310 g/mol. The van der Waals surface area contributed by atoms with E-state index in [1.807, 2.05) is 30.5 Å². The first-order valence-corrected chi connectivity index (χ1v) is 8.90.